The normalized spacial score (nSPS) is 13.5. The summed E-state index contributed by atoms with van der Waals surface area (Å²) in [5.74, 6) is -0.103. The number of halogens is 5. The number of aryl methyl sites for hydroxylation is 1. The summed E-state index contributed by atoms with van der Waals surface area (Å²) in [7, 11) is 0. The quantitative estimate of drug-likeness (QED) is 0.233. The first-order chi connectivity index (χ1) is 16.5. The van der Waals surface area contributed by atoms with Crippen LogP contribution in [-0.4, -0.2) is 20.6 Å². The number of hydrogen-bond donors (Lipinski definition) is 1. The Bertz CT molecular complexity index is 1280. The maximum absolute atomic E-state index is 13.3. The molecule has 1 saturated carbocycles. The van der Waals surface area contributed by atoms with E-state index in [1.165, 1.54) is 16.8 Å². The first-order valence-corrected chi connectivity index (χ1v) is 11.5. The van der Waals surface area contributed by atoms with Crippen LogP contribution in [0.1, 0.15) is 36.6 Å². The number of nitrogens with zero attached hydrogens (tertiary/aromatic N) is 3. The van der Waals surface area contributed by atoms with Crippen LogP contribution in [0, 0.1) is 10.1 Å². The van der Waals surface area contributed by atoms with E-state index in [9.17, 15) is 28.1 Å². The van der Waals surface area contributed by atoms with Gasteiger partial charge in [-0.3, -0.25) is 19.6 Å². The summed E-state index contributed by atoms with van der Waals surface area (Å²) < 4.78 is 46.5. The topological polar surface area (TPSA) is 99.3 Å². The van der Waals surface area contributed by atoms with E-state index in [1.54, 1.807) is 24.3 Å². The number of carbonyl (C=O) groups excluding carboxylic acids is 1. The Labute approximate surface area is 210 Å². The number of carbonyl (C=O) groups is 1. The molecule has 1 heterocycles. The molecule has 2 aromatic carbocycles. The van der Waals surface area contributed by atoms with Gasteiger partial charge in [0.05, 0.1) is 33.4 Å². The molecular formula is C22H17BrClF3N4O4. The highest BCUT2D eigenvalue weighted by Gasteiger charge is 2.41. The van der Waals surface area contributed by atoms with E-state index < -0.39 is 22.7 Å². The molecule has 35 heavy (non-hydrogen) atoms. The van der Waals surface area contributed by atoms with Gasteiger partial charge in [-0.1, -0.05) is 11.6 Å². The second-order valence-corrected chi connectivity index (χ2v) is 9.10. The smallest absolute Gasteiger partial charge is 0.436 e. The summed E-state index contributed by atoms with van der Waals surface area (Å²) in [5, 5.41) is 18.0. The predicted octanol–water partition coefficient (Wildman–Crippen LogP) is 6.92. The third kappa shape index (κ3) is 6.12. The van der Waals surface area contributed by atoms with Crippen LogP contribution in [0.25, 0.3) is 0 Å². The number of hydrogen-bond acceptors (Lipinski definition) is 5. The molecular weight excluding hydrogens is 557 g/mol. The van der Waals surface area contributed by atoms with Crippen LogP contribution in [0.4, 0.5) is 24.5 Å². The third-order valence-corrected chi connectivity index (χ3v) is 6.18. The maximum Gasteiger partial charge on any atom is 0.436 e. The van der Waals surface area contributed by atoms with E-state index in [0.717, 1.165) is 18.9 Å². The van der Waals surface area contributed by atoms with Gasteiger partial charge in [0, 0.05) is 29.5 Å². The van der Waals surface area contributed by atoms with Crippen LogP contribution in [0.3, 0.4) is 0 Å². The molecule has 0 radical (unpaired) electrons. The van der Waals surface area contributed by atoms with Crippen LogP contribution in [0.2, 0.25) is 5.02 Å². The third-order valence-electron chi connectivity index (χ3n) is 5.15. The van der Waals surface area contributed by atoms with E-state index in [4.69, 9.17) is 16.3 Å². The number of non-ortho nitro benzene ring substituents is 1. The molecule has 0 bridgehead atoms. The monoisotopic (exact) mass is 572 g/mol. The number of benzene rings is 2. The largest absolute Gasteiger partial charge is 0.457 e. The highest BCUT2D eigenvalue weighted by Crippen LogP contribution is 2.47. The van der Waals surface area contributed by atoms with E-state index in [1.807, 2.05) is 0 Å². The SMILES string of the molecule is O=C(CCn1nc(C(F)(F)F)c(Br)c1C1CC1)Nc1cc(Oc2ccc(Cl)cc2)cc([N+](=O)[O-])c1. The highest BCUT2D eigenvalue weighted by atomic mass is 79.9. The van der Waals surface area contributed by atoms with Crippen molar-refractivity contribution in [2.24, 2.45) is 0 Å². The zero-order valence-electron chi connectivity index (χ0n) is 17.8. The maximum atomic E-state index is 13.3. The van der Waals surface area contributed by atoms with Crippen LogP contribution < -0.4 is 10.1 Å². The molecule has 1 aliphatic rings. The van der Waals surface area contributed by atoms with Gasteiger partial charge in [0.1, 0.15) is 11.5 Å². The Kier molecular flexibility index (Phi) is 7.04. The average molecular weight is 574 g/mol. The van der Waals surface area contributed by atoms with Crippen molar-refractivity contribution in [3.8, 4) is 11.5 Å². The Hall–Kier alpha value is -3.12. The summed E-state index contributed by atoms with van der Waals surface area (Å²) in [6.45, 7) is -0.0879. The van der Waals surface area contributed by atoms with Gasteiger partial charge in [-0.2, -0.15) is 18.3 Å². The number of nitrogens with one attached hydrogen (secondary N) is 1. The van der Waals surface area contributed by atoms with Crippen molar-refractivity contribution in [3.63, 3.8) is 0 Å². The summed E-state index contributed by atoms with van der Waals surface area (Å²) in [5.41, 5.74) is -0.816. The molecule has 0 spiro atoms. The van der Waals surface area contributed by atoms with Gasteiger partial charge in [-0.25, -0.2) is 0 Å². The second kappa shape index (κ2) is 9.86. The first-order valence-electron chi connectivity index (χ1n) is 10.4. The molecule has 8 nitrogen and oxygen atoms in total. The molecule has 0 saturated heterocycles. The van der Waals surface area contributed by atoms with Crippen molar-refractivity contribution >= 4 is 44.8 Å². The molecule has 1 amide bonds. The van der Waals surface area contributed by atoms with E-state index in [-0.39, 0.29) is 40.5 Å². The fourth-order valence-electron chi connectivity index (χ4n) is 3.44. The molecule has 184 valence electrons. The Morgan fingerprint density at radius 1 is 1.23 bits per heavy atom. The molecule has 1 aliphatic carbocycles. The fourth-order valence-corrected chi connectivity index (χ4v) is 4.40. The number of anilines is 1. The molecule has 4 rings (SSSR count). The van der Waals surface area contributed by atoms with Gasteiger partial charge in [0.2, 0.25) is 5.91 Å². The number of amides is 1. The summed E-state index contributed by atoms with van der Waals surface area (Å²) in [6.07, 6.45) is -3.32. The molecule has 0 aliphatic heterocycles. The van der Waals surface area contributed by atoms with Crippen LogP contribution in [0.5, 0.6) is 11.5 Å². The van der Waals surface area contributed by atoms with Crippen LogP contribution in [0.15, 0.2) is 46.9 Å². The number of rotatable bonds is 8. The zero-order chi connectivity index (χ0) is 25.3. The number of nitro benzene ring substituents is 1. The van der Waals surface area contributed by atoms with Gasteiger partial charge >= 0.3 is 6.18 Å². The van der Waals surface area contributed by atoms with Crippen LogP contribution >= 0.6 is 27.5 Å². The van der Waals surface area contributed by atoms with E-state index in [2.05, 4.69) is 26.3 Å². The highest BCUT2D eigenvalue weighted by molar-refractivity contribution is 9.10. The van der Waals surface area contributed by atoms with Crippen molar-refractivity contribution < 1.29 is 27.6 Å². The number of ether oxygens (including phenoxy) is 1. The fraction of sp³-hybridized carbons (Fsp3) is 0.273. The number of nitro groups is 1. The Morgan fingerprint density at radius 2 is 1.91 bits per heavy atom. The molecule has 3 aromatic rings. The minimum absolute atomic E-state index is 0.0413. The molecule has 13 heteroatoms. The lowest BCUT2D eigenvalue weighted by atomic mass is 10.2. The number of aromatic nitrogens is 2. The standard InChI is InChI=1S/C22H17BrClF3N4O4/c23-19-20(12-1-2-12)30(29-21(19)22(25,26)27)8-7-18(32)28-14-9-15(31(33)34)11-17(10-14)35-16-5-3-13(24)4-6-16/h3-6,9-12H,1-2,7-8H2,(H,28,32). The van der Waals surface area contributed by atoms with Crippen molar-refractivity contribution in [3.05, 3.63) is 73.5 Å². The van der Waals surface area contributed by atoms with Gasteiger partial charge in [0.25, 0.3) is 5.69 Å². The van der Waals surface area contributed by atoms with Crippen molar-refractivity contribution in [2.75, 3.05) is 5.32 Å². The molecule has 1 fully saturated rings. The minimum atomic E-state index is -4.63. The van der Waals surface area contributed by atoms with Crippen molar-refractivity contribution in [1.29, 1.82) is 0 Å². The van der Waals surface area contributed by atoms with Gasteiger partial charge in [0.15, 0.2) is 5.69 Å². The summed E-state index contributed by atoms with van der Waals surface area (Å²) in [4.78, 5) is 23.2. The second-order valence-electron chi connectivity index (χ2n) is 7.87. The lowest BCUT2D eigenvalue weighted by Gasteiger charge is -2.10. The van der Waals surface area contributed by atoms with E-state index >= 15 is 0 Å². The molecule has 1 aromatic heterocycles. The lowest BCUT2D eigenvalue weighted by Crippen LogP contribution is -2.16. The van der Waals surface area contributed by atoms with Gasteiger partial charge in [-0.05, 0) is 53.0 Å². The first kappa shape index (κ1) is 25.0. The van der Waals surface area contributed by atoms with Crippen molar-refractivity contribution in [1.82, 2.24) is 9.78 Å². The summed E-state index contributed by atoms with van der Waals surface area (Å²) in [6, 6.07) is 10.1. The van der Waals surface area contributed by atoms with Gasteiger partial charge < -0.3 is 10.1 Å². The summed E-state index contributed by atoms with van der Waals surface area (Å²) >= 11 is 8.85. The Balaban J connectivity index is 1.48. The zero-order valence-corrected chi connectivity index (χ0v) is 20.2. The lowest BCUT2D eigenvalue weighted by molar-refractivity contribution is -0.384. The van der Waals surface area contributed by atoms with Crippen molar-refractivity contribution in [2.45, 2.75) is 37.9 Å². The van der Waals surface area contributed by atoms with Gasteiger partial charge in [-0.15, -0.1) is 0 Å². The molecule has 0 unspecified atom stereocenters. The predicted molar refractivity (Wildman–Crippen MR) is 125 cm³/mol. The average Bonchev–Trinajstić information content (AvgIpc) is 3.55. The molecule has 1 N–H and O–H groups in total. The minimum Gasteiger partial charge on any atom is -0.457 e. The van der Waals surface area contributed by atoms with Crippen LogP contribution in [-0.2, 0) is 17.5 Å². The molecule has 0 atom stereocenters. The Morgan fingerprint density at radius 3 is 2.51 bits per heavy atom. The number of alkyl halides is 3. The van der Waals surface area contributed by atoms with E-state index in [0.29, 0.717) is 16.5 Å².